The van der Waals surface area contributed by atoms with Gasteiger partial charge in [-0.1, -0.05) is 48.5 Å². The molecule has 1 N–H and O–H groups in total. The summed E-state index contributed by atoms with van der Waals surface area (Å²) in [5, 5.41) is 13.6. The fraction of sp³-hybridized carbons (Fsp3) is 0.0952. The van der Waals surface area contributed by atoms with E-state index < -0.39 is 18.5 Å². The zero-order valence-corrected chi connectivity index (χ0v) is 14.3. The molecule has 0 fully saturated rings. The third kappa shape index (κ3) is 4.61. The molecule has 0 unspecified atom stereocenters. The number of nitrogens with one attached hydrogen (secondary N) is 1. The molecule has 0 aromatic heterocycles. The molecule has 27 heavy (non-hydrogen) atoms. The van der Waals surface area contributed by atoms with Crippen LogP contribution >= 0.6 is 0 Å². The Bertz CT molecular complexity index is 1020. The minimum absolute atomic E-state index is 0.289. The van der Waals surface area contributed by atoms with Crippen LogP contribution in [0.15, 0.2) is 66.7 Å². The van der Waals surface area contributed by atoms with Crippen molar-refractivity contribution in [3.63, 3.8) is 0 Å². The van der Waals surface area contributed by atoms with Gasteiger partial charge in [-0.3, -0.25) is 4.79 Å². The molecular weight excluding hydrogens is 344 g/mol. The van der Waals surface area contributed by atoms with E-state index in [1.165, 1.54) is 0 Å². The maximum Gasteiger partial charge on any atom is 0.344 e. The highest BCUT2D eigenvalue weighted by Crippen LogP contribution is 2.22. The molecule has 3 aromatic carbocycles. The average Bonchev–Trinajstić information content (AvgIpc) is 2.71. The number of fused-ring (bicyclic) bond motifs is 1. The number of para-hydroxylation sites is 1. The summed E-state index contributed by atoms with van der Waals surface area (Å²) in [6.07, 6.45) is 0. The number of esters is 1. The van der Waals surface area contributed by atoms with Crippen molar-refractivity contribution in [3.8, 4) is 11.8 Å². The SMILES string of the molecule is N#Cc1ccccc1OCC(=O)OCC(=O)Nc1cccc2ccccc12. The predicted octanol–water partition coefficient (Wildman–Crippen LogP) is 3.27. The lowest BCUT2D eigenvalue weighted by Gasteiger charge is -2.10. The first-order valence-electron chi connectivity index (χ1n) is 8.22. The van der Waals surface area contributed by atoms with Crippen LogP contribution in [-0.4, -0.2) is 25.1 Å². The van der Waals surface area contributed by atoms with E-state index in [-0.39, 0.29) is 12.4 Å². The topological polar surface area (TPSA) is 88.4 Å². The van der Waals surface area contributed by atoms with Crippen molar-refractivity contribution in [3.05, 3.63) is 72.3 Å². The van der Waals surface area contributed by atoms with Crippen molar-refractivity contribution in [1.82, 2.24) is 0 Å². The summed E-state index contributed by atoms with van der Waals surface area (Å²) in [6, 6.07) is 21.7. The molecule has 0 spiro atoms. The van der Waals surface area contributed by atoms with Gasteiger partial charge in [-0.2, -0.15) is 5.26 Å². The molecule has 0 bridgehead atoms. The van der Waals surface area contributed by atoms with Crippen molar-refractivity contribution in [2.75, 3.05) is 18.5 Å². The van der Waals surface area contributed by atoms with Crippen LogP contribution < -0.4 is 10.1 Å². The van der Waals surface area contributed by atoms with E-state index in [9.17, 15) is 9.59 Å². The Kier molecular flexibility index (Phi) is 5.65. The second-order valence-corrected chi connectivity index (χ2v) is 5.63. The van der Waals surface area contributed by atoms with Gasteiger partial charge in [0.25, 0.3) is 5.91 Å². The smallest absolute Gasteiger partial charge is 0.344 e. The Hall–Kier alpha value is -3.85. The third-order valence-electron chi connectivity index (χ3n) is 3.78. The van der Waals surface area contributed by atoms with Gasteiger partial charge in [0.05, 0.1) is 5.56 Å². The van der Waals surface area contributed by atoms with Crippen LogP contribution in [0.5, 0.6) is 5.75 Å². The number of rotatable bonds is 6. The molecule has 0 aliphatic rings. The van der Waals surface area contributed by atoms with Gasteiger partial charge in [-0.05, 0) is 23.6 Å². The Morgan fingerprint density at radius 2 is 1.67 bits per heavy atom. The Balaban J connectivity index is 1.51. The van der Waals surface area contributed by atoms with Gasteiger partial charge < -0.3 is 14.8 Å². The minimum atomic E-state index is -0.698. The normalized spacial score (nSPS) is 10.0. The molecule has 0 saturated heterocycles. The zero-order chi connectivity index (χ0) is 19.1. The molecule has 3 rings (SSSR count). The molecule has 134 valence electrons. The van der Waals surface area contributed by atoms with E-state index in [1.807, 2.05) is 42.5 Å². The lowest BCUT2D eigenvalue weighted by molar-refractivity contribution is -0.149. The van der Waals surface area contributed by atoms with Gasteiger partial charge in [0.15, 0.2) is 13.2 Å². The number of nitrogens with zero attached hydrogens (tertiary/aromatic N) is 1. The number of hydrogen-bond acceptors (Lipinski definition) is 5. The van der Waals surface area contributed by atoms with E-state index >= 15 is 0 Å². The van der Waals surface area contributed by atoms with Crippen LogP contribution in [0.25, 0.3) is 10.8 Å². The summed E-state index contributed by atoms with van der Waals surface area (Å²) in [5.74, 6) is -0.856. The van der Waals surface area contributed by atoms with Crippen LogP contribution in [0.1, 0.15) is 5.56 Å². The lowest BCUT2D eigenvalue weighted by atomic mass is 10.1. The second-order valence-electron chi connectivity index (χ2n) is 5.63. The lowest BCUT2D eigenvalue weighted by Crippen LogP contribution is -2.23. The van der Waals surface area contributed by atoms with Gasteiger partial charge in [0, 0.05) is 11.1 Å². The summed E-state index contributed by atoms with van der Waals surface area (Å²) in [6.45, 7) is -0.814. The maximum atomic E-state index is 12.1. The van der Waals surface area contributed by atoms with E-state index in [0.717, 1.165) is 10.8 Å². The molecule has 0 aliphatic heterocycles. The van der Waals surface area contributed by atoms with Crippen LogP contribution in [0.4, 0.5) is 5.69 Å². The Labute approximate surface area is 155 Å². The second kappa shape index (κ2) is 8.50. The molecule has 6 nitrogen and oxygen atoms in total. The van der Waals surface area contributed by atoms with Crippen LogP contribution in [0, 0.1) is 11.3 Å². The Morgan fingerprint density at radius 1 is 0.926 bits per heavy atom. The van der Waals surface area contributed by atoms with Gasteiger partial charge in [0.2, 0.25) is 0 Å². The summed E-state index contributed by atoms with van der Waals surface area (Å²) in [7, 11) is 0. The van der Waals surface area contributed by atoms with E-state index in [0.29, 0.717) is 11.3 Å². The van der Waals surface area contributed by atoms with Gasteiger partial charge >= 0.3 is 5.97 Å². The van der Waals surface area contributed by atoms with Crippen molar-refractivity contribution in [2.45, 2.75) is 0 Å². The molecule has 0 aliphatic carbocycles. The predicted molar refractivity (Wildman–Crippen MR) is 100 cm³/mol. The molecule has 6 heteroatoms. The van der Waals surface area contributed by atoms with Crippen molar-refractivity contribution in [2.24, 2.45) is 0 Å². The van der Waals surface area contributed by atoms with Crippen LogP contribution in [0.3, 0.4) is 0 Å². The number of hydrogen-bond donors (Lipinski definition) is 1. The first-order chi connectivity index (χ1) is 13.2. The zero-order valence-electron chi connectivity index (χ0n) is 14.3. The van der Waals surface area contributed by atoms with E-state index in [4.69, 9.17) is 14.7 Å². The van der Waals surface area contributed by atoms with Crippen molar-refractivity contribution in [1.29, 1.82) is 5.26 Å². The van der Waals surface area contributed by atoms with Gasteiger partial charge in [-0.15, -0.1) is 0 Å². The summed E-state index contributed by atoms with van der Waals surface area (Å²) in [4.78, 5) is 23.8. The number of carbonyl (C=O) groups excluding carboxylic acids is 2. The molecule has 0 saturated carbocycles. The molecule has 1 amide bonds. The average molecular weight is 360 g/mol. The number of nitriles is 1. The number of anilines is 1. The summed E-state index contributed by atoms with van der Waals surface area (Å²) in [5.41, 5.74) is 0.965. The minimum Gasteiger partial charge on any atom is -0.481 e. The number of amides is 1. The standard InChI is InChI=1S/C21H16N2O4/c22-12-16-7-2-4-11-19(16)26-14-21(25)27-13-20(24)23-18-10-5-8-15-6-1-3-9-17(15)18/h1-11H,13-14H2,(H,23,24). The first kappa shape index (κ1) is 18.0. The highest BCUT2D eigenvalue weighted by atomic mass is 16.6. The van der Waals surface area contributed by atoms with Crippen LogP contribution in [0.2, 0.25) is 0 Å². The molecule has 0 atom stereocenters. The Morgan fingerprint density at radius 3 is 2.52 bits per heavy atom. The summed E-state index contributed by atoms with van der Waals surface area (Å²) >= 11 is 0. The molecular formula is C21H16N2O4. The highest BCUT2D eigenvalue weighted by molar-refractivity contribution is 6.02. The molecule has 0 heterocycles. The van der Waals surface area contributed by atoms with Crippen molar-refractivity contribution >= 4 is 28.3 Å². The van der Waals surface area contributed by atoms with E-state index in [2.05, 4.69) is 5.32 Å². The largest absolute Gasteiger partial charge is 0.481 e. The maximum absolute atomic E-state index is 12.1. The highest BCUT2D eigenvalue weighted by Gasteiger charge is 2.11. The van der Waals surface area contributed by atoms with Crippen LogP contribution in [-0.2, 0) is 14.3 Å². The third-order valence-corrected chi connectivity index (χ3v) is 3.78. The fourth-order valence-electron chi connectivity index (χ4n) is 2.53. The van der Waals surface area contributed by atoms with Gasteiger partial charge in [-0.25, -0.2) is 4.79 Å². The first-order valence-corrected chi connectivity index (χ1v) is 8.22. The quantitative estimate of drug-likeness (QED) is 0.682. The van der Waals surface area contributed by atoms with E-state index in [1.54, 1.807) is 30.3 Å². The van der Waals surface area contributed by atoms with Gasteiger partial charge in [0.1, 0.15) is 11.8 Å². The number of benzene rings is 3. The van der Waals surface area contributed by atoms with Crippen molar-refractivity contribution < 1.29 is 19.1 Å². The number of carbonyl (C=O) groups is 2. The molecule has 3 aromatic rings. The fourth-order valence-corrected chi connectivity index (χ4v) is 2.53. The molecule has 0 radical (unpaired) electrons. The summed E-state index contributed by atoms with van der Waals surface area (Å²) < 4.78 is 10.2. The monoisotopic (exact) mass is 360 g/mol. The number of ether oxygens (including phenoxy) is 2.